The number of carbonyl (C=O) groups is 1. The maximum atomic E-state index is 13.1. The number of carbonyl (C=O) groups excluding carboxylic acids is 1. The SMILES string of the molecule is CCC(C(=O)N1C(C)CC[C@H]1C(C)C)C1CCOCC1. The molecule has 2 aliphatic rings. The summed E-state index contributed by atoms with van der Waals surface area (Å²) in [5.74, 6) is 1.72. The van der Waals surface area contributed by atoms with Crippen molar-refractivity contribution in [2.75, 3.05) is 13.2 Å². The second-order valence-electron chi connectivity index (χ2n) is 6.95. The largest absolute Gasteiger partial charge is 0.381 e. The average molecular weight is 281 g/mol. The summed E-state index contributed by atoms with van der Waals surface area (Å²) in [5, 5.41) is 0. The highest BCUT2D eigenvalue weighted by Gasteiger charge is 2.40. The normalized spacial score (nSPS) is 29.9. The van der Waals surface area contributed by atoms with E-state index >= 15 is 0 Å². The number of ether oxygens (including phenoxy) is 1. The quantitative estimate of drug-likeness (QED) is 0.789. The van der Waals surface area contributed by atoms with Gasteiger partial charge < -0.3 is 9.64 Å². The van der Waals surface area contributed by atoms with E-state index in [9.17, 15) is 4.79 Å². The molecule has 2 fully saturated rings. The Bertz CT molecular complexity index is 323. The molecule has 2 heterocycles. The number of likely N-dealkylation sites (tertiary alicyclic amines) is 1. The summed E-state index contributed by atoms with van der Waals surface area (Å²) in [4.78, 5) is 15.3. The molecule has 116 valence electrons. The van der Waals surface area contributed by atoms with Crippen LogP contribution in [0, 0.1) is 17.8 Å². The lowest BCUT2D eigenvalue weighted by Gasteiger charge is -2.37. The first-order valence-corrected chi connectivity index (χ1v) is 8.46. The van der Waals surface area contributed by atoms with Crippen LogP contribution in [0.2, 0.25) is 0 Å². The zero-order valence-electron chi connectivity index (χ0n) is 13.6. The van der Waals surface area contributed by atoms with Crippen molar-refractivity contribution >= 4 is 5.91 Å². The fraction of sp³-hybridized carbons (Fsp3) is 0.941. The first kappa shape index (κ1) is 15.8. The fourth-order valence-electron chi connectivity index (χ4n) is 4.07. The Labute approximate surface area is 124 Å². The first-order chi connectivity index (χ1) is 9.56. The molecular formula is C17H31NO2. The van der Waals surface area contributed by atoms with E-state index in [0.29, 0.717) is 29.8 Å². The molecule has 3 nitrogen and oxygen atoms in total. The van der Waals surface area contributed by atoms with Crippen LogP contribution in [0.25, 0.3) is 0 Å². The summed E-state index contributed by atoms with van der Waals surface area (Å²) in [5.41, 5.74) is 0. The minimum absolute atomic E-state index is 0.209. The standard InChI is InChI=1S/C17H31NO2/c1-5-15(14-8-10-20-11-9-14)17(19)18-13(4)6-7-16(18)12(2)3/h12-16H,5-11H2,1-4H3/t13?,15?,16-/m0/s1. The molecule has 2 unspecified atom stereocenters. The monoisotopic (exact) mass is 281 g/mol. The van der Waals surface area contributed by atoms with Gasteiger partial charge in [-0.25, -0.2) is 0 Å². The second kappa shape index (κ2) is 6.93. The summed E-state index contributed by atoms with van der Waals surface area (Å²) in [7, 11) is 0. The van der Waals surface area contributed by atoms with Gasteiger partial charge in [-0.2, -0.15) is 0 Å². The van der Waals surface area contributed by atoms with Crippen molar-refractivity contribution in [2.45, 2.75) is 71.9 Å². The van der Waals surface area contributed by atoms with Gasteiger partial charge in [0, 0.05) is 31.2 Å². The van der Waals surface area contributed by atoms with Gasteiger partial charge in [-0.1, -0.05) is 20.8 Å². The van der Waals surface area contributed by atoms with Gasteiger partial charge in [-0.15, -0.1) is 0 Å². The molecular weight excluding hydrogens is 250 g/mol. The minimum atomic E-state index is 0.209. The van der Waals surface area contributed by atoms with Gasteiger partial charge in [0.15, 0.2) is 0 Å². The zero-order chi connectivity index (χ0) is 14.7. The van der Waals surface area contributed by atoms with Crippen molar-refractivity contribution in [3.8, 4) is 0 Å². The highest BCUT2D eigenvalue weighted by molar-refractivity contribution is 5.80. The Balaban J connectivity index is 2.09. The topological polar surface area (TPSA) is 29.5 Å². The Hall–Kier alpha value is -0.570. The van der Waals surface area contributed by atoms with Crippen LogP contribution in [0.4, 0.5) is 0 Å². The van der Waals surface area contributed by atoms with Crippen LogP contribution in [-0.2, 0) is 9.53 Å². The van der Waals surface area contributed by atoms with Crippen LogP contribution in [0.1, 0.15) is 59.8 Å². The molecule has 3 heteroatoms. The van der Waals surface area contributed by atoms with Crippen LogP contribution < -0.4 is 0 Å². The summed E-state index contributed by atoms with van der Waals surface area (Å²) in [6.45, 7) is 10.5. The highest BCUT2D eigenvalue weighted by Crippen LogP contribution is 2.34. The van der Waals surface area contributed by atoms with E-state index in [4.69, 9.17) is 4.74 Å². The van der Waals surface area contributed by atoms with Crippen molar-refractivity contribution in [1.29, 1.82) is 0 Å². The van der Waals surface area contributed by atoms with Crippen molar-refractivity contribution in [2.24, 2.45) is 17.8 Å². The molecule has 0 saturated carbocycles. The number of amides is 1. The minimum Gasteiger partial charge on any atom is -0.381 e. The van der Waals surface area contributed by atoms with Crippen LogP contribution in [0.15, 0.2) is 0 Å². The van der Waals surface area contributed by atoms with E-state index in [1.165, 1.54) is 12.8 Å². The third kappa shape index (κ3) is 3.19. The molecule has 0 aromatic rings. The molecule has 0 aliphatic carbocycles. The van der Waals surface area contributed by atoms with E-state index in [1.54, 1.807) is 0 Å². The smallest absolute Gasteiger partial charge is 0.226 e. The molecule has 1 amide bonds. The molecule has 0 radical (unpaired) electrons. The zero-order valence-corrected chi connectivity index (χ0v) is 13.6. The number of nitrogens with zero attached hydrogens (tertiary/aromatic N) is 1. The van der Waals surface area contributed by atoms with Crippen molar-refractivity contribution < 1.29 is 9.53 Å². The highest BCUT2D eigenvalue weighted by atomic mass is 16.5. The summed E-state index contributed by atoms with van der Waals surface area (Å²) in [6, 6.07) is 0.871. The molecule has 0 bridgehead atoms. The second-order valence-corrected chi connectivity index (χ2v) is 6.95. The van der Waals surface area contributed by atoms with Crippen LogP contribution in [-0.4, -0.2) is 36.1 Å². The maximum Gasteiger partial charge on any atom is 0.226 e. The van der Waals surface area contributed by atoms with Gasteiger partial charge in [0.1, 0.15) is 0 Å². The lowest BCUT2D eigenvalue weighted by molar-refractivity contribution is -0.142. The average Bonchev–Trinajstić information content (AvgIpc) is 2.82. The van der Waals surface area contributed by atoms with E-state index < -0.39 is 0 Å². The molecule has 0 N–H and O–H groups in total. The molecule has 2 rings (SSSR count). The first-order valence-electron chi connectivity index (χ1n) is 8.46. The van der Waals surface area contributed by atoms with E-state index in [2.05, 4.69) is 32.6 Å². The number of rotatable bonds is 4. The van der Waals surface area contributed by atoms with Crippen molar-refractivity contribution in [1.82, 2.24) is 4.90 Å². The predicted molar refractivity (Wildman–Crippen MR) is 81.5 cm³/mol. The number of hydrogen-bond donors (Lipinski definition) is 0. The lowest BCUT2D eigenvalue weighted by atomic mass is 9.83. The summed E-state index contributed by atoms with van der Waals surface area (Å²) < 4.78 is 5.46. The van der Waals surface area contributed by atoms with Crippen LogP contribution >= 0.6 is 0 Å². The van der Waals surface area contributed by atoms with E-state index in [0.717, 1.165) is 32.5 Å². The van der Waals surface area contributed by atoms with Gasteiger partial charge in [0.05, 0.1) is 0 Å². The fourth-order valence-corrected chi connectivity index (χ4v) is 4.07. The summed E-state index contributed by atoms with van der Waals surface area (Å²) in [6.07, 6.45) is 5.42. The van der Waals surface area contributed by atoms with Gasteiger partial charge in [0.2, 0.25) is 5.91 Å². The molecule has 3 atom stereocenters. The maximum absolute atomic E-state index is 13.1. The number of hydrogen-bond acceptors (Lipinski definition) is 2. The molecule has 20 heavy (non-hydrogen) atoms. The van der Waals surface area contributed by atoms with Gasteiger partial charge >= 0.3 is 0 Å². The molecule has 0 aromatic heterocycles. The van der Waals surface area contributed by atoms with E-state index in [1.807, 2.05) is 0 Å². The molecule has 2 saturated heterocycles. The Kier molecular flexibility index (Phi) is 5.48. The van der Waals surface area contributed by atoms with Crippen molar-refractivity contribution in [3.05, 3.63) is 0 Å². The van der Waals surface area contributed by atoms with Gasteiger partial charge in [-0.05, 0) is 50.9 Å². The Morgan fingerprint density at radius 1 is 1.20 bits per heavy atom. The predicted octanol–water partition coefficient (Wildman–Crippen LogP) is 3.47. The third-order valence-electron chi connectivity index (χ3n) is 5.33. The van der Waals surface area contributed by atoms with Gasteiger partial charge in [-0.3, -0.25) is 4.79 Å². The third-order valence-corrected chi connectivity index (χ3v) is 5.33. The molecule has 0 aromatic carbocycles. The van der Waals surface area contributed by atoms with Crippen molar-refractivity contribution in [3.63, 3.8) is 0 Å². The molecule has 0 spiro atoms. The Morgan fingerprint density at radius 3 is 2.40 bits per heavy atom. The van der Waals surface area contributed by atoms with E-state index in [-0.39, 0.29) is 5.92 Å². The van der Waals surface area contributed by atoms with Gasteiger partial charge in [0.25, 0.3) is 0 Å². The lowest BCUT2D eigenvalue weighted by Crippen LogP contribution is -2.47. The summed E-state index contributed by atoms with van der Waals surface area (Å²) >= 11 is 0. The molecule has 2 aliphatic heterocycles. The van der Waals surface area contributed by atoms with Crippen LogP contribution in [0.3, 0.4) is 0 Å². The van der Waals surface area contributed by atoms with Crippen LogP contribution in [0.5, 0.6) is 0 Å². The Morgan fingerprint density at radius 2 is 1.85 bits per heavy atom.